The molecule has 7 nitrogen and oxygen atoms in total. The first-order chi connectivity index (χ1) is 17.3. The van der Waals surface area contributed by atoms with Gasteiger partial charge in [0.25, 0.3) is 0 Å². The lowest BCUT2D eigenvalue weighted by molar-refractivity contribution is -0.144. The summed E-state index contributed by atoms with van der Waals surface area (Å²) in [4.78, 5) is 53.3. The third kappa shape index (κ3) is 3.87. The molecule has 6 aliphatic rings. The molecule has 5 aliphatic carbocycles. The van der Waals surface area contributed by atoms with E-state index in [0.29, 0.717) is 55.4 Å². The van der Waals surface area contributed by atoms with Gasteiger partial charge in [-0.15, -0.1) is 0 Å². The van der Waals surface area contributed by atoms with Crippen molar-refractivity contribution in [1.82, 2.24) is 4.90 Å². The van der Waals surface area contributed by atoms with E-state index in [-0.39, 0.29) is 65.2 Å². The molecule has 0 unspecified atom stereocenters. The lowest BCUT2D eigenvalue weighted by atomic mass is 9.63. The normalized spacial score (nSPS) is 36.0. The van der Waals surface area contributed by atoms with Gasteiger partial charge in [-0.1, -0.05) is 26.0 Å². The van der Waals surface area contributed by atoms with Gasteiger partial charge in [0, 0.05) is 17.6 Å². The number of allylic oxidation sites excluding steroid dienone is 2. The van der Waals surface area contributed by atoms with Crippen LogP contribution in [0.1, 0.15) is 56.3 Å². The van der Waals surface area contributed by atoms with Crippen LogP contribution in [0.2, 0.25) is 0 Å². The second-order valence-corrected chi connectivity index (χ2v) is 11.8. The second kappa shape index (κ2) is 8.86. The number of esters is 1. The van der Waals surface area contributed by atoms with Gasteiger partial charge in [0.05, 0.1) is 24.0 Å². The monoisotopic (exact) mass is 490 g/mol. The van der Waals surface area contributed by atoms with Crippen LogP contribution in [-0.4, -0.2) is 41.2 Å². The predicted octanol–water partition coefficient (Wildman–Crippen LogP) is 4.05. The predicted molar refractivity (Wildman–Crippen MR) is 132 cm³/mol. The maximum Gasteiger partial charge on any atom is 0.338 e. The Morgan fingerprint density at radius 1 is 0.944 bits per heavy atom. The van der Waals surface area contributed by atoms with E-state index in [1.165, 1.54) is 6.42 Å². The van der Waals surface area contributed by atoms with Crippen LogP contribution in [0.5, 0.6) is 0 Å². The number of nitrogens with zero attached hydrogens (tertiary/aromatic N) is 1. The molecular formula is C29H34N2O5. The number of carbonyl (C=O) groups is 4. The van der Waals surface area contributed by atoms with Crippen molar-refractivity contribution in [2.75, 3.05) is 11.9 Å². The molecule has 3 saturated carbocycles. The number of carbonyl (C=O) groups excluding carboxylic acids is 4. The summed E-state index contributed by atoms with van der Waals surface area (Å²) in [7, 11) is 0. The smallest absolute Gasteiger partial charge is 0.338 e. The lowest BCUT2D eigenvalue weighted by Gasteiger charge is -2.37. The quantitative estimate of drug-likeness (QED) is 0.369. The van der Waals surface area contributed by atoms with Gasteiger partial charge in [0.15, 0.2) is 0 Å². The first kappa shape index (κ1) is 23.4. The molecular weight excluding hydrogens is 456 g/mol. The number of ether oxygens (including phenoxy) is 1. The fourth-order valence-corrected chi connectivity index (χ4v) is 7.20. The minimum atomic E-state index is -0.369. The van der Waals surface area contributed by atoms with Crippen molar-refractivity contribution < 1.29 is 23.9 Å². The Labute approximate surface area is 211 Å². The molecule has 1 aliphatic heterocycles. The van der Waals surface area contributed by atoms with Gasteiger partial charge in [0.1, 0.15) is 0 Å². The van der Waals surface area contributed by atoms with Gasteiger partial charge in [-0.3, -0.25) is 19.3 Å². The maximum atomic E-state index is 13.4. The molecule has 36 heavy (non-hydrogen) atoms. The number of hydrogen-bond donors (Lipinski definition) is 1. The van der Waals surface area contributed by atoms with Gasteiger partial charge in [-0.2, -0.15) is 0 Å². The zero-order valence-electron chi connectivity index (χ0n) is 20.9. The molecule has 4 fully saturated rings. The molecule has 1 heterocycles. The minimum Gasteiger partial charge on any atom is -0.462 e. The van der Waals surface area contributed by atoms with E-state index >= 15 is 0 Å². The number of nitrogens with one attached hydrogen (secondary N) is 1. The Morgan fingerprint density at radius 3 is 2.08 bits per heavy atom. The van der Waals surface area contributed by atoms with E-state index in [1.54, 1.807) is 29.2 Å². The summed E-state index contributed by atoms with van der Waals surface area (Å²) >= 11 is 0. The van der Waals surface area contributed by atoms with Crippen molar-refractivity contribution in [2.24, 2.45) is 47.3 Å². The molecule has 0 spiro atoms. The summed E-state index contributed by atoms with van der Waals surface area (Å²) in [5.41, 5.74) is 1.09. The van der Waals surface area contributed by atoms with Gasteiger partial charge in [0.2, 0.25) is 17.7 Å². The molecule has 1 N–H and O–H groups in total. The molecule has 3 amide bonds. The van der Waals surface area contributed by atoms with Crippen molar-refractivity contribution in [3.8, 4) is 0 Å². The Bertz CT molecular complexity index is 1080. The number of amides is 3. The number of anilines is 1. The van der Waals surface area contributed by atoms with Crippen molar-refractivity contribution in [2.45, 2.75) is 52.0 Å². The van der Waals surface area contributed by atoms with Crippen molar-refractivity contribution in [3.05, 3.63) is 42.0 Å². The van der Waals surface area contributed by atoms with Crippen LogP contribution in [0, 0.1) is 47.3 Å². The zero-order chi connectivity index (χ0) is 25.1. The first-order valence-electron chi connectivity index (χ1n) is 13.5. The fraction of sp³-hybridized carbons (Fsp3) is 0.586. The number of benzene rings is 1. The van der Waals surface area contributed by atoms with Crippen LogP contribution < -0.4 is 5.32 Å². The van der Waals surface area contributed by atoms with E-state index in [4.69, 9.17) is 4.74 Å². The van der Waals surface area contributed by atoms with Crippen LogP contribution in [0.25, 0.3) is 0 Å². The van der Waals surface area contributed by atoms with E-state index < -0.39 is 0 Å². The third-order valence-corrected chi connectivity index (χ3v) is 9.07. The highest BCUT2D eigenvalue weighted by Gasteiger charge is 2.67. The Morgan fingerprint density at radius 2 is 1.53 bits per heavy atom. The van der Waals surface area contributed by atoms with Gasteiger partial charge < -0.3 is 10.1 Å². The number of hydrogen-bond acceptors (Lipinski definition) is 5. The van der Waals surface area contributed by atoms with Crippen LogP contribution in [0.15, 0.2) is 36.4 Å². The maximum absolute atomic E-state index is 13.4. The molecule has 1 aromatic carbocycles. The van der Waals surface area contributed by atoms with Crippen molar-refractivity contribution in [3.63, 3.8) is 0 Å². The summed E-state index contributed by atoms with van der Waals surface area (Å²) in [6.07, 6.45) is 8.23. The summed E-state index contributed by atoms with van der Waals surface area (Å²) < 4.78 is 5.24. The molecule has 0 aromatic heterocycles. The fourth-order valence-electron chi connectivity index (χ4n) is 7.20. The lowest BCUT2D eigenvalue weighted by Crippen LogP contribution is -2.44. The molecule has 190 valence electrons. The first-order valence-corrected chi connectivity index (χ1v) is 13.5. The van der Waals surface area contributed by atoms with Crippen LogP contribution in [0.3, 0.4) is 0 Å². The molecule has 7 heteroatoms. The Kier molecular flexibility index (Phi) is 5.77. The van der Waals surface area contributed by atoms with Crippen LogP contribution in [-0.2, 0) is 19.1 Å². The van der Waals surface area contributed by atoms with Crippen molar-refractivity contribution in [1.29, 1.82) is 0 Å². The standard InChI is InChI=1S/C29H34N2O5/c1-15(2)14-36-29(35)17-3-7-18(8-4-17)30-26(32)16-5-9-19(10-6-16)31-27(33)24-20-11-12-21(23-13-22(20)23)25(24)28(31)34/h3-4,7-8,11-12,15-16,19-25H,5-6,9-10,13-14H2,1-2H3,(H,30,32)/t16?,19?,20-,21-,22-,23-,24+,25+/m1/s1. The number of rotatable bonds is 6. The summed E-state index contributed by atoms with van der Waals surface area (Å²) in [6.45, 7) is 4.33. The molecule has 0 radical (unpaired) electrons. The number of imide groups is 1. The average molecular weight is 491 g/mol. The van der Waals surface area contributed by atoms with E-state index in [2.05, 4.69) is 17.5 Å². The van der Waals surface area contributed by atoms with Gasteiger partial charge in [-0.25, -0.2) is 4.79 Å². The van der Waals surface area contributed by atoms with E-state index in [0.717, 1.165) is 0 Å². The number of likely N-dealkylation sites (tertiary alicyclic amines) is 1. The van der Waals surface area contributed by atoms with E-state index in [9.17, 15) is 19.2 Å². The Hall–Kier alpha value is -2.96. The largest absolute Gasteiger partial charge is 0.462 e. The van der Waals surface area contributed by atoms with Crippen LogP contribution >= 0.6 is 0 Å². The highest BCUT2D eigenvalue weighted by atomic mass is 16.5. The summed E-state index contributed by atoms with van der Waals surface area (Å²) in [5, 5.41) is 2.95. The highest BCUT2D eigenvalue weighted by molar-refractivity contribution is 6.06. The van der Waals surface area contributed by atoms with E-state index in [1.807, 2.05) is 13.8 Å². The Balaban J connectivity index is 1.03. The zero-order valence-corrected chi connectivity index (χ0v) is 20.9. The molecule has 6 atom stereocenters. The van der Waals surface area contributed by atoms with Crippen LogP contribution in [0.4, 0.5) is 5.69 Å². The molecule has 2 bridgehead atoms. The molecule has 1 saturated heterocycles. The van der Waals surface area contributed by atoms with Gasteiger partial charge >= 0.3 is 5.97 Å². The molecule has 1 aromatic rings. The second-order valence-electron chi connectivity index (χ2n) is 11.8. The summed E-state index contributed by atoms with van der Waals surface area (Å²) in [5.74, 6) is 1.17. The van der Waals surface area contributed by atoms with Gasteiger partial charge in [-0.05, 0) is 86.0 Å². The summed E-state index contributed by atoms with van der Waals surface area (Å²) in [6, 6.07) is 6.65. The van der Waals surface area contributed by atoms with Crippen molar-refractivity contribution >= 4 is 29.4 Å². The average Bonchev–Trinajstić information content (AvgIpc) is 3.66. The highest BCUT2D eigenvalue weighted by Crippen LogP contribution is 2.65. The minimum absolute atomic E-state index is 0.0367. The topological polar surface area (TPSA) is 92.8 Å². The third-order valence-electron chi connectivity index (χ3n) is 9.07. The SMILES string of the molecule is CC(C)COC(=O)c1ccc(NC(=O)C2CCC(N3C(=O)[C@H]4[C@@H]5C=C[C@H]([C@H]6C[C@H]56)[C@@H]4C3=O)CC2)cc1. The molecule has 7 rings (SSSR count).